The summed E-state index contributed by atoms with van der Waals surface area (Å²) >= 11 is 0. The Kier molecular flexibility index (Phi) is 5.19. The third-order valence-corrected chi connectivity index (χ3v) is 5.06. The lowest BCUT2D eigenvalue weighted by atomic mass is 9.94. The van der Waals surface area contributed by atoms with E-state index in [-0.39, 0.29) is 29.8 Å². The normalized spacial score (nSPS) is 21.5. The fourth-order valence-corrected chi connectivity index (χ4v) is 3.46. The minimum atomic E-state index is -0.123. The van der Waals surface area contributed by atoms with Crippen LogP contribution in [-0.4, -0.2) is 41.9 Å². The molecule has 0 saturated carbocycles. The van der Waals surface area contributed by atoms with Gasteiger partial charge in [-0.3, -0.25) is 9.59 Å². The third kappa shape index (κ3) is 3.78. The van der Waals surface area contributed by atoms with Gasteiger partial charge < -0.3 is 15.5 Å². The number of amides is 2. The number of nitrogens with one attached hydrogen (secondary N) is 2. The van der Waals surface area contributed by atoms with Gasteiger partial charge >= 0.3 is 0 Å². The molecule has 2 N–H and O–H groups in total. The van der Waals surface area contributed by atoms with Crippen LogP contribution in [0.4, 0.5) is 0 Å². The SMILES string of the molecule is CC(C)C(=O)NC1CCN(C(=O)C2Cc3ccccc3CN2)CC1. The number of piperidine rings is 1. The molecular weight excluding hydrogens is 302 g/mol. The Morgan fingerprint density at radius 3 is 2.50 bits per heavy atom. The molecule has 0 aliphatic carbocycles. The van der Waals surface area contributed by atoms with Gasteiger partial charge in [-0.1, -0.05) is 38.1 Å². The van der Waals surface area contributed by atoms with Crippen LogP contribution in [0.3, 0.4) is 0 Å². The fourth-order valence-electron chi connectivity index (χ4n) is 3.46. The fraction of sp³-hybridized carbons (Fsp3) is 0.579. The zero-order valence-electron chi connectivity index (χ0n) is 14.5. The molecule has 5 heteroatoms. The lowest BCUT2D eigenvalue weighted by Crippen LogP contribution is -2.53. The van der Waals surface area contributed by atoms with Crippen LogP contribution in [0, 0.1) is 5.92 Å². The van der Waals surface area contributed by atoms with E-state index in [9.17, 15) is 9.59 Å². The van der Waals surface area contributed by atoms with Crippen LogP contribution in [0.5, 0.6) is 0 Å². The number of likely N-dealkylation sites (tertiary alicyclic amines) is 1. The molecule has 5 nitrogen and oxygen atoms in total. The number of hydrogen-bond donors (Lipinski definition) is 2. The minimum absolute atomic E-state index is 0.0103. The van der Waals surface area contributed by atoms with Crippen LogP contribution in [0.25, 0.3) is 0 Å². The molecule has 1 atom stereocenters. The quantitative estimate of drug-likeness (QED) is 0.883. The number of carbonyl (C=O) groups excluding carboxylic acids is 2. The molecule has 0 aromatic heterocycles. The van der Waals surface area contributed by atoms with Crippen molar-refractivity contribution in [1.82, 2.24) is 15.5 Å². The van der Waals surface area contributed by atoms with Gasteiger partial charge in [0.2, 0.25) is 11.8 Å². The first-order valence-corrected chi connectivity index (χ1v) is 8.94. The van der Waals surface area contributed by atoms with Gasteiger partial charge in [-0.2, -0.15) is 0 Å². The van der Waals surface area contributed by atoms with Crippen molar-refractivity contribution in [2.45, 2.75) is 51.7 Å². The maximum absolute atomic E-state index is 12.8. The van der Waals surface area contributed by atoms with Gasteiger partial charge in [0.15, 0.2) is 0 Å². The molecule has 3 rings (SSSR count). The Bertz CT molecular complexity index is 606. The first-order chi connectivity index (χ1) is 11.5. The standard InChI is InChI=1S/C19H27N3O2/c1-13(2)18(23)21-16-7-9-22(10-8-16)19(24)17-11-14-5-3-4-6-15(14)12-20-17/h3-6,13,16-17,20H,7-12H2,1-2H3,(H,21,23). The highest BCUT2D eigenvalue weighted by Gasteiger charge is 2.30. The van der Waals surface area contributed by atoms with Gasteiger partial charge in [0, 0.05) is 31.6 Å². The summed E-state index contributed by atoms with van der Waals surface area (Å²) in [5.41, 5.74) is 2.56. The van der Waals surface area contributed by atoms with E-state index >= 15 is 0 Å². The first kappa shape index (κ1) is 17.0. The summed E-state index contributed by atoms with van der Waals surface area (Å²) in [6.45, 7) is 6.01. The van der Waals surface area contributed by atoms with Crippen molar-refractivity contribution in [3.8, 4) is 0 Å². The van der Waals surface area contributed by atoms with Crippen molar-refractivity contribution in [2.75, 3.05) is 13.1 Å². The predicted octanol–water partition coefficient (Wildman–Crippen LogP) is 1.46. The average molecular weight is 329 g/mol. The van der Waals surface area contributed by atoms with Gasteiger partial charge in [0.05, 0.1) is 6.04 Å². The molecule has 1 aromatic rings. The van der Waals surface area contributed by atoms with E-state index < -0.39 is 0 Å². The molecule has 1 saturated heterocycles. The minimum Gasteiger partial charge on any atom is -0.353 e. The summed E-state index contributed by atoms with van der Waals surface area (Å²) in [6, 6.07) is 8.38. The van der Waals surface area contributed by atoms with E-state index in [4.69, 9.17) is 0 Å². The van der Waals surface area contributed by atoms with Gasteiger partial charge in [0.1, 0.15) is 0 Å². The highest BCUT2D eigenvalue weighted by molar-refractivity contribution is 5.83. The van der Waals surface area contributed by atoms with Crippen LogP contribution >= 0.6 is 0 Å². The highest BCUT2D eigenvalue weighted by atomic mass is 16.2. The smallest absolute Gasteiger partial charge is 0.240 e. The summed E-state index contributed by atoms with van der Waals surface area (Å²) < 4.78 is 0. The van der Waals surface area contributed by atoms with E-state index in [1.165, 1.54) is 11.1 Å². The van der Waals surface area contributed by atoms with Crippen molar-refractivity contribution >= 4 is 11.8 Å². The van der Waals surface area contributed by atoms with Crippen LogP contribution in [0.15, 0.2) is 24.3 Å². The lowest BCUT2D eigenvalue weighted by molar-refractivity contribution is -0.135. The Hall–Kier alpha value is -1.88. The second-order valence-electron chi connectivity index (χ2n) is 7.17. The van der Waals surface area contributed by atoms with Crippen molar-refractivity contribution < 1.29 is 9.59 Å². The molecule has 2 heterocycles. The summed E-state index contributed by atoms with van der Waals surface area (Å²) in [6.07, 6.45) is 2.44. The molecule has 2 amide bonds. The summed E-state index contributed by atoms with van der Waals surface area (Å²) in [5, 5.41) is 6.45. The monoisotopic (exact) mass is 329 g/mol. The summed E-state index contributed by atoms with van der Waals surface area (Å²) in [7, 11) is 0. The summed E-state index contributed by atoms with van der Waals surface area (Å²) in [4.78, 5) is 26.5. The zero-order chi connectivity index (χ0) is 17.1. The van der Waals surface area contributed by atoms with Crippen molar-refractivity contribution in [1.29, 1.82) is 0 Å². The number of fused-ring (bicyclic) bond motifs is 1. The Morgan fingerprint density at radius 2 is 1.83 bits per heavy atom. The predicted molar refractivity (Wildman–Crippen MR) is 93.4 cm³/mol. The molecule has 0 radical (unpaired) electrons. The van der Waals surface area contributed by atoms with Crippen molar-refractivity contribution in [3.05, 3.63) is 35.4 Å². The molecule has 1 aromatic carbocycles. The van der Waals surface area contributed by atoms with E-state index in [0.717, 1.165) is 38.9 Å². The average Bonchev–Trinajstić information content (AvgIpc) is 2.61. The van der Waals surface area contributed by atoms with Crippen LogP contribution in [0.1, 0.15) is 37.8 Å². The molecule has 0 bridgehead atoms. The largest absolute Gasteiger partial charge is 0.353 e. The Labute approximate surface area is 143 Å². The van der Waals surface area contributed by atoms with Crippen molar-refractivity contribution in [3.63, 3.8) is 0 Å². The van der Waals surface area contributed by atoms with Gasteiger partial charge in [-0.15, -0.1) is 0 Å². The topological polar surface area (TPSA) is 61.4 Å². The lowest BCUT2D eigenvalue weighted by Gasteiger charge is -2.36. The second kappa shape index (κ2) is 7.34. The van der Waals surface area contributed by atoms with Crippen LogP contribution in [-0.2, 0) is 22.6 Å². The number of hydrogen-bond acceptors (Lipinski definition) is 3. The molecule has 0 spiro atoms. The molecule has 2 aliphatic heterocycles. The van der Waals surface area contributed by atoms with E-state index in [2.05, 4.69) is 22.8 Å². The number of carbonyl (C=O) groups is 2. The second-order valence-corrected chi connectivity index (χ2v) is 7.17. The van der Waals surface area contributed by atoms with E-state index in [1.54, 1.807) is 0 Å². The number of nitrogens with zero attached hydrogens (tertiary/aromatic N) is 1. The van der Waals surface area contributed by atoms with E-state index in [0.29, 0.717) is 0 Å². The van der Waals surface area contributed by atoms with Gasteiger partial charge in [-0.25, -0.2) is 0 Å². The number of rotatable bonds is 3. The van der Waals surface area contributed by atoms with Crippen LogP contribution < -0.4 is 10.6 Å². The number of benzene rings is 1. The van der Waals surface area contributed by atoms with E-state index in [1.807, 2.05) is 30.9 Å². The highest BCUT2D eigenvalue weighted by Crippen LogP contribution is 2.19. The first-order valence-electron chi connectivity index (χ1n) is 8.94. The molecule has 24 heavy (non-hydrogen) atoms. The molecule has 1 unspecified atom stereocenters. The maximum atomic E-state index is 12.8. The van der Waals surface area contributed by atoms with Crippen molar-refractivity contribution in [2.24, 2.45) is 5.92 Å². The molecule has 1 fully saturated rings. The van der Waals surface area contributed by atoms with Gasteiger partial charge in [-0.05, 0) is 30.4 Å². The maximum Gasteiger partial charge on any atom is 0.240 e. The van der Waals surface area contributed by atoms with Gasteiger partial charge in [0.25, 0.3) is 0 Å². The Morgan fingerprint density at radius 1 is 1.17 bits per heavy atom. The zero-order valence-corrected chi connectivity index (χ0v) is 14.5. The third-order valence-electron chi connectivity index (χ3n) is 5.06. The summed E-state index contributed by atoms with van der Waals surface area (Å²) in [5.74, 6) is 0.305. The molecular formula is C19H27N3O2. The molecule has 130 valence electrons. The molecule has 2 aliphatic rings. The Balaban J connectivity index is 1.52. The van der Waals surface area contributed by atoms with Crippen LogP contribution in [0.2, 0.25) is 0 Å².